The summed E-state index contributed by atoms with van der Waals surface area (Å²) < 4.78 is 17.0. The van der Waals surface area contributed by atoms with Crippen molar-refractivity contribution >= 4 is 53.2 Å². The van der Waals surface area contributed by atoms with Crippen LogP contribution in [0.3, 0.4) is 0 Å². The maximum Gasteiger partial charge on any atom is 0.329 e. The molecule has 3 aliphatic rings. The van der Waals surface area contributed by atoms with Crippen LogP contribution in [0.15, 0.2) is 24.3 Å². The SMILES string of the molecule is CC[C@H](C)[C@H]1NC(=O)[C@@H](NC(=O)[C@@H]2CCCN2C(=O)[C@H](C)O)[C@@H](C)OC(=O)[C@H](Cc2ccc(OC)cc2)N(C)C(=O)[C@@H]2CCCN2C(=O)[C@H](CC(C)C)NC(=O)[C@@H](C)C(=O)[C@H](C(C)C)OC(=O)C[C@@H]1O. The molecule has 12 atom stereocenters. The van der Waals surface area contributed by atoms with Gasteiger partial charge in [-0.1, -0.05) is 60.1 Å². The molecule has 3 saturated heterocycles. The largest absolute Gasteiger partial charge is 0.497 e. The number of ether oxygens (including phenoxy) is 3. The van der Waals surface area contributed by atoms with Gasteiger partial charge in [0.1, 0.15) is 48.2 Å². The molecule has 390 valence electrons. The highest BCUT2D eigenvalue weighted by Crippen LogP contribution is 2.26. The predicted octanol–water partition coefficient (Wildman–Crippen LogP) is 1.44. The molecule has 5 N–H and O–H groups in total. The van der Waals surface area contributed by atoms with Crippen LogP contribution < -0.4 is 20.7 Å². The standard InChI is InChI=1S/C50H76N6O14/c1-12-28(6)40-38(58)25-39(59)70-43(27(4)5)42(60)29(7)44(61)51-34(23-26(2)3)48(65)56-22-14-16-36(56)49(66)54(10)37(24-32-17-19-33(68-11)20-18-32)50(67)69-31(9)41(46(63)52-40)53-45(62)35-15-13-21-55(35)47(64)30(8)57/h17-20,26-31,34-38,40-41,43,57-58H,12-16,21-25H2,1-11H3,(H,51,61)(H,52,63)(H,53,62)/t28-,29-,30-,31+,34-,35-,36-,37-,38-,40+,41-,43-/m0/s1. The van der Waals surface area contributed by atoms with Gasteiger partial charge in [0.25, 0.3) is 5.91 Å². The van der Waals surface area contributed by atoms with Gasteiger partial charge in [0.15, 0.2) is 11.9 Å². The molecule has 0 aromatic heterocycles. The second-order valence-electron chi connectivity index (χ2n) is 19.9. The molecule has 0 bridgehead atoms. The topological polar surface area (TPSA) is 268 Å². The number of likely N-dealkylation sites (tertiary alicyclic amines) is 1. The van der Waals surface area contributed by atoms with Crippen molar-refractivity contribution < 1.29 is 67.6 Å². The Labute approximate surface area is 411 Å². The van der Waals surface area contributed by atoms with Crippen molar-refractivity contribution in [2.45, 2.75) is 174 Å². The Morgan fingerprint density at radius 3 is 2.11 bits per heavy atom. The summed E-state index contributed by atoms with van der Waals surface area (Å²) in [5.41, 5.74) is 0.588. The highest BCUT2D eigenvalue weighted by molar-refractivity contribution is 6.05. The molecule has 20 heteroatoms. The van der Waals surface area contributed by atoms with Crippen LogP contribution in [0, 0.1) is 23.7 Å². The fourth-order valence-electron chi connectivity index (χ4n) is 9.26. The van der Waals surface area contributed by atoms with E-state index >= 15 is 0 Å². The highest BCUT2D eigenvalue weighted by Gasteiger charge is 2.45. The molecule has 0 aliphatic carbocycles. The monoisotopic (exact) mass is 985 g/mol. The molecule has 70 heavy (non-hydrogen) atoms. The Hall–Kier alpha value is -5.63. The van der Waals surface area contributed by atoms with E-state index < -0.39 is 138 Å². The fraction of sp³-hybridized carbons (Fsp3) is 0.700. The number of aliphatic hydroxyl groups is 2. The average Bonchev–Trinajstić information content (AvgIpc) is 4.02. The first-order chi connectivity index (χ1) is 32.9. The van der Waals surface area contributed by atoms with Crippen LogP contribution in [0.4, 0.5) is 0 Å². The number of methoxy groups -OCH3 is 1. The van der Waals surface area contributed by atoms with Gasteiger partial charge in [0.2, 0.25) is 29.5 Å². The molecule has 6 amide bonds. The van der Waals surface area contributed by atoms with Gasteiger partial charge in [0.05, 0.1) is 31.6 Å². The number of rotatable bonds is 11. The third-order valence-electron chi connectivity index (χ3n) is 13.7. The molecular weight excluding hydrogens is 909 g/mol. The molecule has 3 fully saturated rings. The fourth-order valence-corrected chi connectivity index (χ4v) is 9.26. The van der Waals surface area contributed by atoms with E-state index in [-0.39, 0.29) is 44.7 Å². The Morgan fingerprint density at radius 2 is 1.53 bits per heavy atom. The Kier molecular flexibility index (Phi) is 20.7. The molecule has 1 aromatic carbocycles. The van der Waals surface area contributed by atoms with Gasteiger partial charge >= 0.3 is 11.9 Å². The summed E-state index contributed by atoms with van der Waals surface area (Å²) in [6.45, 7) is 14.7. The maximum atomic E-state index is 14.7. The van der Waals surface area contributed by atoms with Crippen molar-refractivity contribution in [2.75, 3.05) is 27.2 Å². The first-order valence-corrected chi connectivity index (χ1v) is 24.6. The van der Waals surface area contributed by atoms with Gasteiger partial charge in [-0.25, -0.2) is 4.79 Å². The molecule has 0 spiro atoms. The summed E-state index contributed by atoms with van der Waals surface area (Å²) in [5, 5.41) is 29.9. The van der Waals surface area contributed by atoms with E-state index in [1.54, 1.807) is 52.0 Å². The van der Waals surface area contributed by atoms with Crippen LogP contribution in [0.5, 0.6) is 5.75 Å². The number of carbonyl (C=O) groups is 9. The number of aliphatic hydroxyl groups excluding tert-OH is 2. The third-order valence-corrected chi connectivity index (χ3v) is 13.7. The predicted molar refractivity (Wildman–Crippen MR) is 254 cm³/mol. The Morgan fingerprint density at radius 1 is 0.886 bits per heavy atom. The van der Waals surface area contributed by atoms with Crippen molar-refractivity contribution in [2.24, 2.45) is 23.7 Å². The number of nitrogens with one attached hydrogen (secondary N) is 3. The Balaban J connectivity index is 1.86. The summed E-state index contributed by atoms with van der Waals surface area (Å²) in [4.78, 5) is 131. The van der Waals surface area contributed by atoms with E-state index in [0.29, 0.717) is 30.6 Å². The first kappa shape index (κ1) is 57.0. The number of fused-ring (bicyclic) bond motifs is 1. The normalized spacial score (nSPS) is 29.2. The lowest BCUT2D eigenvalue weighted by Crippen LogP contribution is -2.61. The lowest BCUT2D eigenvalue weighted by molar-refractivity contribution is -0.163. The number of amides is 6. The number of ketones is 1. The molecule has 4 rings (SSSR count). The van der Waals surface area contributed by atoms with Crippen molar-refractivity contribution in [3.05, 3.63) is 29.8 Å². The number of nitrogens with zero attached hydrogens (tertiary/aromatic N) is 3. The van der Waals surface area contributed by atoms with Crippen LogP contribution in [-0.2, 0) is 59.0 Å². The van der Waals surface area contributed by atoms with Crippen LogP contribution in [-0.4, -0.2) is 166 Å². The van der Waals surface area contributed by atoms with Crippen LogP contribution >= 0.6 is 0 Å². The molecule has 20 nitrogen and oxygen atoms in total. The molecule has 0 unspecified atom stereocenters. The van der Waals surface area contributed by atoms with Crippen LogP contribution in [0.25, 0.3) is 0 Å². The second-order valence-corrected chi connectivity index (χ2v) is 19.9. The zero-order chi connectivity index (χ0) is 52.3. The number of likely N-dealkylation sites (N-methyl/N-ethyl adjacent to an activating group) is 1. The lowest BCUT2D eigenvalue weighted by Gasteiger charge is -2.35. The average molecular weight is 985 g/mol. The number of cyclic esters (lactones) is 2. The highest BCUT2D eigenvalue weighted by atomic mass is 16.6. The third kappa shape index (κ3) is 14.3. The van der Waals surface area contributed by atoms with Crippen molar-refractivity contribution in [3.63, 3.8) is 0 Å². The Bertz CT molecular complexity index is 2050. The lowest BCUT2D eigenvalue weighted by atomic mass is 9.91. The van der Waals surface area contributed by atoms with E-state index in [1.165, 1.54) is 49.6 Å². The second kappa shape index (κ2) is 25.5. The van der Waals surface area contributed by atoms with Gasteiger partial charge in [0, 0.05) is 26.6 Å². The minimum atomic E-state index is -1.69. The smallest absolute Gasteiger partial charge is 0.329 e. The molecule has 0 radical (unpaired) electrons. The molecular formula is C50H76N6O14. The number of hydrogen-bond acceptors (Lipinski definition) is 14. The van der Waals surface area contributed by atoms with E-state index in [0.717, 1.165) is 0 Å². The van der Waals surface area contributed by atoms with Gasteiger partial charge in [-0.2, -0.15) is 0 Å². The number of Topliss-reactive ketones (excluding diaryl/α,β-unsaturated/α-hetero) is 1. The minimum Gasteiger partial charge on any atom is -0.497 e. The van der Waals surface area contributed by atoms with Gasteiger partial charge in [-0.15, -0.1) is 0 Å². The van der Waals surface area contributed by atoms with E-state index in [9.17, 15) is 53.4 Å². The summed E-state index contributed by atoms with van der Waals surface area (Å²) in [6.07, 6.45) is -4.98. The van der Waals surface area contributed by atoms with Crippen molar-refractivity contribution in [3.8, 4) is 5.75 Å². The first-order valence-electron chi connectivity index (χ1n) is 24.6. The van der Waals surface area contributed by atoms with Gasteiger partial charge in [-0.05, 0) is 88.3 Å². The zero-order valence-corrected chi connectivity index (χ0v) is 42.6. The van der Waals surface area contributed by atoms with Crippen molar-refractivity contribution in [1.29, 1.82) is 0 Å². The van der Waals surface area contributed by atoms with Crippen LogP contribution in [0.2, 0.25) is 0 Å². The van der Waals surface area contributed by atoms with E-state index in [4.69, 9.17) is 14.2 Å². The van der Waals surface area contributed by atoms with Gasteiger partial charge < -0.3 is 55.1 Å². The number of benzene rings is 1. The van der Waals surface area contributed by atoms with E-state index in [2.05, 4.69) is 16.0 Å². The summed E-state index contributed by atoms with van der Waals surface area (Å²) in [7, 11) is 2.89. The summed E-state index contributed by atoms with van der Waals surface area (Å²) in [5.74, 6) is -9.24. The molecule has 0 saturated carbocycles. The quantitative estimate of drug-likeness (QED) is 0.155. The molecule has 3 heterocycles. The maximum absolute atomic E-state index is 14.7. The summed E-state index contributed by atoms with van der Waals surface area (Å²) in [6, 6.07) is -0.819. The van der Waals surface area contributed by atoms with E-state index in [1.807, 2.05) is 13.8 Å². The number of carbonyl (C=O) groups excluding carboxylic acids is 9. The zero-order valence-electron chi connectivity index (χ0n) is 42.6. The molecule has 3 aliphatic heterocycles. The van der Waals surface area contributed by atoms with Gasteiger partial charge in [-0.3, -0.25) is 38.4 Å². The number of hydrogen-bond donors (Lipinski definition) is 5. The summed E-state index contributed by atoms with van der Waals surface area (Å²) >= 11 is 0. The van der Waals surface area contributed by atoms with Crippen LogP contribution in [0.1, 0.15) is 113 Å². The molecule has 1 aromatic rings. The minimum absolute atomic E-state index is 0.103. The number of esters is 2. The van der Waals surface area contributed by atoms with Crippen molar-refractivity contribution in [1.82, 2.24) is 30.7 Å².